The molecule has 5 nitrogen and oxygen atoms in total. The summed E-state index contributed by atoms with van der Waals surface area (Å²) in [6.07, 6.45) is -0.327. The van der Waals surface area contributed by atoms with Crippen molar-refractivity contribution >= 4 is 11.7 Å². The van der Waals surface area contributed by atoms with Crippen molar-refractivity contribution < 1.29 is 23.4 Å². The summed E-state index contributed by atoms with van der Waals surface area (Å²) >= 11 is 0. The van der Waals surface area contributed by atoms with Crippen LogP contribution >= 0.6 is 0 Å². The third kappa shape index (κ3) is 3.53. The van der Waals surface area contributed by atoms with E-state index in [-0.39, 0.29) is 35.5 Å². The number of benzene rings is 1. The van der Waals surface area contributed by atoms with Gasteiger partial charge in [-0.2, -0.15) is 0 Å². The maximum Gasteiger partial charge on any atom is 0.340 e. The van der Waals surface area contributed by atoms with Gasteiger partial charge in [-0.1, -0.05) is 0 Å². The van der Waals surface area contributed by atoms with Gasteiger partial charge < -0.3 is 19.9 Å². The Balaban J connectivity index is 3.29. The van der Waals surface area contributed by atoms with E-state index in [1.165, 1.54) is 6.07 Å². The second-order valence-electron chi connectivity index (χ2n) is 4.30. The number of rotatable bonds is 6. The molecule has 0 spiro atoms. The molecule has 0 saturated heterocycles. The van der Waals surface area contributed by atoms with Crippen molar-refractivity contribution in [2.24, 2.45) is 0 Å². The third-order valence-electron chi connectivity index (χ3n) is 2.38. The predicted molar refractivity (Wildman–Crippen MR) is 73.7 cm³/mol. The van der Waals surface area contributed by atoms with Crippen LogP contribution in [0.15, 0.2) is 6.07 Å². The average Bonchev–Trinajstić information content (AvgIpc) is 2.37. The lowest BCUT2D eigenvalue weighted by atomic mass is 10.1. The number of ether oxygens (including phenoxy) is 3. The number of hydrogen-bond donors (Lipinski definition) is 1. The molecule has 1 aromatic carbocycles. The highest BCUT2D eigenvalue weighted by Crippen LogP contribution is 2.37. The van der Waals surface area contributed by atoms with Crippen LogP contribution in [0.3, 0.4) is 0 Å². The van der Waals surface area contributed by atoms with E-state index in [0.29, 0.717) is 6.61 Å². The van der Waals surface area contributed by atoms with Gasteiger partial charge in [0.1, 0.15) is 0 Å². The number of nitrogens with two attached hydrogens (primary N) is 1. The van der Waals surface area contributed by atoms with E-state index in [0.717, 1.165) is 0 Å². The Morgan fingerprint density at radius 3 is 2.40 bits per heavy atom. The molecule has 0 radical (unpaired) electrons. The van der Waals surface area contributed by atoms with Crippen LogP contribution in [0.1, 0.15) is 38.1 Å². The first-order valence-corrected chi connectivity index (χ1v) is 6.50. The molecular formula is C14H20FNO4. The van der Waals surface area contributed by atoms with Gasteiger partial charge >= 0.3 is 5.97 Å². The number of carbonyl (C=O) groups excluding carboxylic acids is 1. The number of anilines is 1. The molecule has 0 aliphatic heterocycles. The van der Waals surface area contributed by atoms with Crippen LogP contribution in [0, 0.1) is 5.82 Å². The van der Waals surface area contributed by atoms with Gasteiger partial charge in [0.2, 0.25) is 0 Å². The van der Waals surface area contributed by atoms with Crippen molar-refractivity contribution in [1.29, 1.82) is 0 Å². The van der Waals surface area contributed by atoms with Crippen molar-refractivity contribution in [2.75, 3.05) is 18.9 Å². The Labute approximate surface area is 117 Å². The quantitative estimate of drug-likeness (QED) is 0.643. The Morgan fingerprint density at radius 1 is 1.30 bits per heavy atom. The van der Waals surface area contributed by atoms with Gasteiger partial charge in [-0.25, -0.2) is 9.18 Å². The fourth-order valence-electron chi connectivity index (χ4n) is 1.61. The van der Waals surface area contributed by atoms with E-state index < -0.39 is 11.8 Å². The van der Waals surface area contributed by atoms with Crippen LogP contribution in [0.4, 0.5) is 10.1 Å². The molecule has 0 aromatic heterocycles. The summed E-state index contributed by atoms with van der Waals surface area (Å²) in [4.78, 5) is 11.9. The molecule has 0 bridgehead atoms. The summed E-state index contributed by atoms with van der Waals surface area (Å²) in [6, 6.07) is 1.34. The lowest BCUT2D eigenvalue weighted by molar-refractivity contribution is 0.0378. The maximum absolute atomic E-state index is 14.2. The molecule has 2 N–H and O–H groups in total. The molecule has 0 aliphatic rings. The average molecular weight is 285 g/mol. The topological polar surface area (TPSA) is 70.8 Å². The summed E-state index contributed by atoms with van der Waals surface area (Å²) in [5.41, 5.74) is 5.27. The van der Waals surface area contributed by atoms with Crippen molar-refractivity contribution in [3.63, 3.8) is 0 Å². The molecule has 0 atom stereocenters. The second kappa shape index (κ2) is 6.98. The summed E-state index contributed by atoms with van der Waals surface area (Å²) < 4.78 is 29.7. The zero-order valence-corrected chi connectivity index (χ0v) is 12.2. The molecule has 20 heavy (non-hydrogen) atoms. The van der Waals surface area contributed by atoms with Gasteiger partial charge in [-0.3, -0.25) is 0 Å². The number of halogens is 1. The van der Waals surface area contributed by atoms with Crippen LogP contribution in [-0.4, -0.2) is 25.3 Å². The standard InChI is InChI=1S/C14H20FNO4/c1-5-18-10-7-9(14(17)20-8(3)4)12(16)11(15)13(10)19-6-2/h7-8H,5-6,16H2,1-4H3. The molecule has 0 fully saturated rings. The number of nitrogen functional groups attached to an aromatic ring is 1. The maximum atomic E-state index is 14.2. The van der Waals surface area contributed by atoms with Crippen molar-refractivity contribution in [3.8, 4) is 11.5 Å². The minimum atomic E-state index is -0.812. The van der Waals surface area contributed by atoms with Gasteiger partial charge in [0.15, 0.2) is 17.3 Å². The SMILES string of the molecule is CCOc1cc(C(=O)OC(C)C)c(N)c(F)c1OCC. The van der Waals surface area contributed by atoms with E-state index in [1.54, 1.807) is 27.7 Å². The molecule has 0 aliphatic carbocycles. The lowest BCUT2D eigenvalue weighted by Crippen LogP contribution is -2.15. The van der Waals surface area contributed by atoms with E-state index >= 15 is 0 Å². The summed E-state index contributed by atoms with van der Waals surface area (Å²) in [5, 5.41) is 0. The molecule has 0 amide bonds. The second-order valence-corrected chi connectivity index (χ2v) is 4.30. The number of esters is 1. The lowest BCUT2D eigenvalue weighted by Gasteiger charge is -2.16. The molecule has 1 rings (SSSR count). The zero-order chi connectivity index (χ0) is 15.3. The summed E-state index contributed by atoms with van der Waals surface area (Å²) in [6.45, 7) is 7.42. The fraction of sp³-hybridized carbons (Fsp3) is 0.500. The third-order valence-corrected chi connectivity index (χ3v) is 2.38. The van der Waals surface area contributed by atoms with Crippen LogP contribution < -0.4 is 15.2 Å². The molecule has 112 valence electrons. The Morgan fingerprint density at radius 2 is 1.90 bits per heavy atom. The van der Waals surface area contributed by atoms with E-state index in [2.05, 4.69) is 0 Å². The number of carbonyl (C=O) groups is 1. The first-order valence-electron chi connectivity index (χ1n) is 6.50. The molecule has 0 saturated carbocycles. The van der Waals surface area contributed by atoms with Crippen LogP contribution in [0.25, 0.3) is 0 Å². The highest BCUT2D eigenvalue weighted by Gasteiger charge is 2.23. The molecular weight excluding hydrogens is 265 g/mol. The Hall–Kier alpha value is -1.98. The Kier molecular flexibility index (Phi) is 5.61. The smallest absolute Gasteiger partial charge is 0.340 e. The summed E-state index contributed by atoms with van der Waals surface area (Å²) in [7, 11) is 0. The van der Waals surface area contributed by atoms with Crippen molar-refractivity contribution in [1.82, 2.24) is 0 Å². The molecule has 0 heterocycles. The largest absolute Gasteiger partial charge is 0.490 e. The van der Waals surface area contributed by atoms with Crippen molar-refractivity contribution in [2.45, 2.75) is 33.8 Å². The van der Waals surface area contributed by atoms with Gasteiger partial charge in [0, 0.05) is 6.07 Å². The first-order chi connectivity index (χ1) is 9.42. The van der Waals surface area contributed by atoms with Crippen LogP contribution in [0.5, 0.6) is 11.5 Å². The van der Waals surface area contributed by atoms with Gasteiger partial charge in [-0.15, -0.1) is 0 Å². The van der Waals surface area contributed by atoms with Crippen LogP contribution in [-0.2, 0) is 4.74 Å². The van der Waals surface area contributed by atoms with E-state index in [1.807, 2.05) is 0 Å². The molecule has 6 heteroatoms. The molecule has 0 unspecified atom stereocenters. The minimum Gasteiger partial charge on any atom is -0.490 e. The normalized spacial score (nSPS) is 10.5. The van der Waals surface area contributed by atoms with Crippen molar-refractivity contribution in [3.05, 3.63) is 17.4 Å². The first kappa shape index (κ1) is 16.1. The fourth-order valence-corrected chi connectivity index (χ4v) is 1.61. The molecule has 1 aromatic rings. The predicted octanol–water partition coefficient (Wildman–Crippen LogP) is 2.77. The van der Waals surface area contributed by atoms with E-state index in [9.17, 15) is 9.18 Å². The van der Waals surface area contributed by atoms with E-state index in [4.69, 9.17) is 19.9 Å². The minimum absolute atomic E-state index is 0.0666. The van der Waals surface area contributed by atoms with Gasteiger partial charge in [-0.05, 0) is 27.7 Å². The van der Waals surface area contributed by atoms with Crippen LogP contribution in [0.2, 0.25) is 0 Å². The van der Waals surface area contributed by atoms with Gasteiger partial charge in [0.05, 0.1) is 30.6 Å². The monoisotopic (exact) mass is 285 g/mol. The Bertz CT molecular complexity index is 489. The zero-order valence-electron chi connectivity index (χ0n) is 12.2. The summed E-state index contributed by atoms with van der Waals surface area (Å²) in [5.74, 6) is -1.46. The number of hydrogen-bond acceptors (Lipinski definition) is 5. The highest BCUT2D eigenvalue weighted by molar-refractivity contribution is 5.96. The highest BCUT2D eigenvalue weighted by atomic mass is 19.1. The van der Waals surface area contributed by atoms with Gasteiger partial charge in [0.25, 0.3) is 0 Å².